The van der Waals surface area contributed by atoms with Crippen LogP contribution in [-0.4, -0.2) is 24.6 Å². The van der Waals surface area contributed by atoms with Gasteiger partial charge in [-0.15, -0.1) is 0 Å². The lowest BCUT2D eigenvalue weighted by atomic mass is 9.70. The molecular formula is C27H46O4. The summed E-state index contributed by atoms with van der Waals surface area (Å²) in [6.07, 6.45) is 12.1. The Morgan fingerprint density at radius 1 is 1.10 bits per heavy atom. The van der Waals surface area contributed by atoms with Crippen molar-refractivity contribution in [3.8, 4) is 0 Å². The van der Waals surface area contributed by atoms with Gasteiger partial charge in [0.05, 0.1) is 6.61 Å². The molecule has 0 aromatic rings. The minimum absolute atomic E-state index is 0.0884. The molecule has 2 fully saturated rings. The molecule has 0 radical (unpaired) electrons. The molecule has 3 unspecified atom stereocenters. The van der Waals surface area contributed by atoms with Gasteiger partial charge in [-0.25, -0.2) is 9.59 Å². The number of carbonyl (C=O) groups excluding carboxylic acids is 2. The first-order valence-electron chi connectivity index (χ1n) is 12.1. The van der Waals surface area contributed by atoms with Crippen LogP contribution in [0.15, 0.2) is 24.8 Å². The van der Waals surface area contributed by atoms with Crippen molar-refractivity contribution in [3.63, 3.8) is 0 Å². The van der Waals surface area contributed by atoms with Gasteiger partial charge >= 0.3 is 11.9 Å². The molecule has 0 amide bonds. The minimum atomic E-state index is -0.310. The van der Waals surface area contributed by atoms with Gasteiger partial charge in [0.1, 0.15) is 6.10 Å². The highest BCUT2D eigenvalue weighted by Gasteiger charge is 2.62. The van der Waals surface area contributed by atoms with E-state index in [1.54, 1.807) is 6.92 Å². The fraction of sp³-hybridized carbons (Fsp3) is 0.778. The van der Waals surface area contributed by atoms with Crippen LogP contribution in [0.25, 0.3) is 0 Å². The van der Waals surface area contributed by atoms with E-state index >= 15 is 0 Å². The van der Waals surface area contributed by atoms with Crippen molar-refractivity contribution in [1.29, 1.82) is 0 Å². The maximum Gasteiger partial charge on any atom is 0.333 e. The normalized spacial score (nSPS) is 25.5. The Hall–Kier alpha value is -1.58. The number of rotatable bonds is 11. The second-order valence-electron chi connectivity index (χ2n) is 10.6. The lowest BCUT2D eigenvalue weighted by molar-refractivity contribution is -0.151. The van der Waals surface area contributed by atoms with Crippen LogP contribution in [0.2, 0.25) is 0 Å². The van der Waals surface area contributed by atoms with E-state index in [0.29, 0.717) is 23.5 Å². The number of esters is 2. The van der Waals surface area contributed by atoms with Gasteiger partial charge < -0.3 is 9.47 Å². The Balaban J connectivity index is 0.000000311. The number of carbonyl (C=O) groups is 2. The minimum Gasteiger partial charge on any atom is -0.463 e. The molecule has 0 spiro atoms. The van der Waals surface area contributed by atoms with Crippen LogP contribution in [0.4, 0.5) is 0 Å². The molecule has 2 aliphatic rings. The van der Waals surface area contributed by atoms with Crippen LogP contribution in [0.3, 0.4) is 0 Å². The van der Waals surface area contributed by atoms with Crippen molar-refractivity contribution in [2.45, 2.75) is 105 Å². The second-order valence-corrected chi connectivity index (χ2v) is 10.6. The monoisotopic (exact) mass is 434 g/mol. The standard InChI is InChI=1S/C14H22O2.C13H24O2/c1-9(2)12(15)16-11-8-10-6-7-14(11,5)13(10,3)4;1-4-13(14)15-11-9-7-5-6-8-10-12(2)3/h10-11H,1,6-8H2,2-5H3;4,12H,1,5-11H2,2-3H3. The predicted octanol–water partition coefficient (Wildman–Crippen LogP) is 7.03. The van der Waals surface area contributed by atoms with Crippen LogP contribution in [0.1, 0.15) is 99.3 Å². The first kappa shape index (κ1) is 27.5. The van der Waals surface area contributed by atoms with Gasteiger partial charge in [-0.2, -0.15) is 0 Å². The van der Waals surface area contributed by atoms with Crippen molar-refractivity contribution in [2.75, 3.05) is 6.61 Å². The predicted molar refractivity (Wildman–Crippen MR) is 128 cm³/mol. The van der Waals surface area contributed by atoms with Crippen LogP contribution in [0, 0.1) is 22.7 Å². The second kappa shape index (κ2) is 12.5. The molecule has 4 heteroatoms. The zero-order valence-corrected chi connectivity index (χ0v) is 20.9. The van der Waals surface area contributed by atoms with Gasteiger partial charge in [0.2, 0.25) is 0 Å². The number of fused-ring (bicyclic) bond motifs is 2. The van der Waals surface area contributed by atoms with Gasteiger partial charge in [0.25, 0.3) is 0 Å². The summed E-state index contributed by atoms with van der Waals surface area (Å²) in [5.41, 5.74) is 0.958. The molecule has 0 aliphatic heterocycles. The largest absolute Gasteiger partial charge is 0.463 e. The van der Waals surface area contributed by atoms with E-state index in [0.717, 1.165) is 25.2 Å². The van der Waals surface area contributed by atoms with E-state index in [1.807, 2.05) is 0 Å². The number of hydrogen-bond donors (Lipinski definition) is 0. The van der Waals surface area contributed by atoms with E-state index < -0.39 is 0 Å². The summed E-state index contributed by atoms with van der Waals surface area (Å²) >= 11 is 0. The van der Waals surface area contributed by atoms with Crippen LogP contribution >= 0.6 is 0 Å². The number of ether oxygens (including phenoxy) is 2. The Morgan fingerprint density at radius 2 is 1.71 bits per heavy atom. The topological polar surface area (TPSA) is 52.6 Å². The molecule has 0 saturated heterocycles. The Labute approximate surface area is 190 Å². The van der Waals surface area contributed by atoms with Gasteiger partial charge in [0.15, 0.2) is 0 Å². The van der Waals surface area contributed by atoms with E-state index in [4.69, 9.17) is 9.47 Å². The molecule has 0 N–H and O–H groups in total. The fourth-order valence-corrected chi connectivity index (χ4v) is 4.95. The highest BCUT2D eigenvalue weighted by Crippen LogP contribution is 2.66. The van der Waals surface area contributed by atoms with E-state index in [9.17, 15) is 9.59 Å². The molecule has 31 heavy (non-hydrogen) atoms. The zero-order valence-electron chi connectivity index (χ0n) is 20.9. The Kier molecular flexibility index (Phi) is 11.0. The maximum absolute atomic E-state index is 11.6. The first-order chi connectivity index (χ1) is 14.5. The molecule has 2 rings (SSSR count). The molecule has 0 heterocycles. The number of unbranched alkanes of at least 4 members (excludes halogenated alkanes) is 4. The van der Waals surface area contributed by atoms with Crippen LogP contribution in [-0.2, 0) is 19.1 Å². The summed E-state index contributed by atoms with van der Waals surface area (Å²) in [6, 6.07) is 0. The van der Waals surface area contributed by atoms with Crippen molar-refractivity contribution >= 4 is 11.9 Å². The molecule has 178 valence electrons. The average molecular weight is 435 g/mol. The lowest BCUT2D eigenvalue weighted by Gasteiger charge is -2.38. The summed E-state index contributed by atoms with van der Waals surface area (Å²) in [5.74, 6) is 0.989. The average Bonchev–Trinajstić information content (AvgIpc) is 3.03. The Morgan fingerprint density at radius 3 is 2.19 bits per heavy atom. The molecule has 2 bridgehead atoms. The van der Waals surface area contributed by atoms with E-state index in [1.165, 1.54) is 44.6 Å². The fourth-order valence-electron chi connectivity index (χ4n) is 4.95. The summed E-state index contributed by atoms with van der Waals surface area (Å²) in [7, 11) is 0. The van der Waals surface area contributed by atoms with Gasteiger partial charge in [-0.3, -0.25) is 0 Å². The van der Waals surface area contributed by atoms with Crippen molar-refractivity contribution in [3.05, 3.63) is 24.8 Å². The number of hydrogen-bond acceptors (Lipinski definition) is 4. The van der Waals surface area contributed by atoms with Crippen LogP contribution in [0.5, 0.6) is 0 Å². The summed E-state index contributed by atoms with van der Waals surface area (Å²) in [5, 5.41) is 0. The third-order valence-corrected chi connectivity index (χ3v) is 7.65. The first-order valence-corrected chi connectivity index (χ1v) is 12.1. The summed E-state index contributed by atoms with van der Waals surface area (Å²) in [6.45, 7) is 20.7. The van der Waals surface area contributed by atoms with Crippen molar-refractivity contribution < 1.29 is 19.1 Å². The molecule has 4 nitrogen and oxygen atoms in total. The third-order valence-electron chi connectivity index (χ3n) is 7.65. The summed E-state index contributed by atoms with van der Waals surface area (Å²) < 4.78 is 10.5. The summed E-state index contributed by atoms with van der Waals surface area (Å²) in [4.78, 5) is 22.3. The van der Waals surface area contributed by atoms with E-state index in [-0.39, 0.29) is 23.5 Å². The Bertz CT molecular complexity index is 619. The third kappa shape index (κ3) is 7.80. The molecule has 0 aromatic carbocycles. The van der Waals surface area contributed by atoms with Gasteiger partial charge in [-0.05, 0) is 49.9 Å². The van der Waals surface area contributed by atoms with Crippen molar-refractivity contribution in [1.82, 2.24) is 0 Å². The molecule has 0 aromatic heterocycles. The molecule has 3 atom stereocenters. The van der Waals surface area contributed by atoms with Gasteiger partial charge in [-0.1, -0.05) is 79.9 Å². The highest BCUT2D eigenvalue weighted by molar-refractivity contribution is 5.87. The molecule has 2 saturated carbocycles. The molecular weight excluding hydrogens is 388 g/mol. The smallest absolute Gasteiger partial charge is 0.333 e. The maximum atomic E-state index is 11.6. The van der Waals surface area contributed by atoms with Crippen LogP contribution < -0.4 is 0 Å². The van der Waals surface area contributed by atoms with Gasteiger partial charge in [0, 0.05) is 17.1 Å². The SMILES string of the molecule is C=C(C)C(=O)OC1CC2CCC1(C)C2(C)C.C=CC(=O)OCCCCCCCC(C)C. The zero-order chi connectivity index (χ0) is 23.7. The molecule has 2 aliphatic carbocycles. The van der Waals surface area contributed by atoms with Crippen molar-refractivity contribution in [2.24, 2.45) is 22.7 Å². The lowest BCUT2D eigenvalue weighted by Crippen LogP contribution is -2.38. The quantitative estimate of drug-likeness (QED) is 0.199. The highest BCUT2D eigenvalue weighted by atomic mass is 16.5. The van der Waals surface area contributed by atoms with E-state index in [2.05, 4.69) is 47.8 Å².